The van der Waals surface area contributed by atoms with Gasteiger partial charge >= 0.3 is 0 Å². The molecule has 2 heterocycles. The summed E-state index contributed by atoms with van der Waals surface area (Å²) in [6, 6.07) is 5.48. The van der Waals surface area contributed by atoms with E-state index in [1.165, 1.54) is 12.3 Å². The predicted molar refractivity (Wildman–Crippen MR) is 90.2 cm³/mol. The summed E-state index contributed by atoms with van der Waals surface area (Å²) in [6.07, 6.45) is 2.78. The van der Waals surface area contributed by atoms with Crippen molar-refractivity contribution in [3.63, 3.8) is 0 Å². The fourth-order valence-electron chi connectivity index (χ4n) is 2.69. The van der Waals surface area contributed by atoms with E-state index in [4.69, 9.17) is 11.6 Å². The molecule has 1 fully saturated rings. The number of anilines is 1. The third kappa shape index (κ3) is 2.96. The Balaban J connectivity index is 1.72. The minimum absolute atomic E-state index is 0.0437. The van der Waals surface area contributed by atoms with Crippen LogP contribution in [0.3, 0.4) is 0 Å². The van der Waals surface area contributed by atoms with Crippen molar-refractivity contribution in [1.29, 1.82) is 0 Å². The van der Waals surface area contributed by atoms with Gasteiger partial charge in [0, 0.05) is 34.1 Å². The average Bonchev–Trinajstić information content (AvgIpc) is 3.29. The molecule has 0 spiro atoms. The first kappa shape index (κ1) is 16.3. The number of aromatic nitrogens is 2. The van der Waals surface area contributed by atoms with Crippen LogP contribution in [0.4, 0.5) is 14.5 Å². The lowest BCUT2D eigenvalue weighted by molar-refractivity contribution is 0.546. The van der Waals surface area contributed by atoms with E-state index in [1.54, 1.807) is 12.1 Å². The zero-order valence-electron chi connectivity index (χ0n) is 12.7. The van der Waals surface area contributed by atoms with E-state index in [0.717, 1.165) is 18.9 Å². The summed E-state index contributed by atoms with van der Waals surface area (Å²) in [6.45, 7) is 0. The van der Waals surface area contributed by atoms with Gasteiger partial charge in [0.05, 0.1) is 5.69 Å². The minimum atomic E-state index is -4.14. The van der Waals surface area contributed by atoms with Gasteiger partial charge in [0.25, 0.3) is 10.0 Å². The highest BCUT2D eigenvalue weighted by atomic mass is 35.5. The van der Waals surface area contributed by atoms with Crippen molar-refractivity contribution in [3.05, 3.63) is 52.9 Å². The normalized spacial score (nSPS) is 14.8. The van der Waals surface area contributed by atoms with Crippen LogP contribution in [0.5, 0.6) is 0 Å². The van der Waals surface area contributed by atoms with Gasteiger partial charge in [-0.05, 0) is 31.0 Å². The van der Waals surface area contributed by atoms with E-state index < -0.39 is 27.5 Å². The van der Waals surface area contributed by atoms with Crippen LogP contribution < -0.4 is 4.72 Å². The molecule has 1 aliphatic carbocycles. The van der Waals surface area contributed by atoms with Gasteiger partial charge in [0.15, 0.2) is 0 Å². The molecule has 2 N–H and O–H groups in total. The Morgan fingerprint density at radius 3 is 2.72 bits per heavy atom. The maximum Gasteiger partial charge on any atom is 0.264 e. The Morgan fingerprint density at radius 1 is 1.24 bits per heavy atom. The summed E-state index contributed by atoms with van der Waals surface area (Å²) < 4.78 is 55.4. The first-order valence-corrected chi connectivity index (χ1v) is 9.36. The highest BCUT2D eigenvalue weighted by Gasteiger charge is 2.30. The van der Waals surface area contributed by atoms with E-state index in [0.29, 0.717) is 15.9 Å². The molecule has 9 heteroatoms. The fraction of sp³-hybridized carbons (Fsp3) is 0.188. The second-order valence-corrected chi connectivity index (χ2v) is 8.00. The lowest BCUT2D eigenvalue weighted by Crippen LogP contribution is -2.15. The van der Waals surface area contributed by atoms with Crippen LogP contribution in [0.2, 0.25) is 5.02 Å². The maximum atomic E-state index is 14.1. The van der Waals surface area contributed by atoms with Crippen LogP contribution in [-0.4, -0.2) is 18.4 Å². The zero-order chi connectivity index (χ0) is 17.8. The topological polar surface area (TPSA) is 74.8 Å². The number of fused-ring (bicyclic) bond motifs is 1. The van der Waals surface area contributed by atoms with Crippen molar-refractivity contribution in [1.82, 2.24) is 9.97 Å². The quantitative estimate of drug-likeness (QED) is 0.664. The van der Waals surface area contributed by atoms with Crippen LogP contribution in [0, 0.1) is 11.8 Å². The molecule has 0 atom stereocenters. The van der Waals surface area contributed by atoms with Gasteiger partial charge in [-0.3, -0.25) is 4.72 Å². The number of sulfonamides is 1. The van der Waals surface area contributed by atoms with Crippen molar-refractivity contribution in [2.24, 2.45) is 0 Å². The van der Waals surface area contributed by atoms with E-state index in [9.17, 15) is 17.2 Å². The first-order valence-electron chi connectivity index (χ1n) is 7.50. The van der Waals surface area contributed by atoms with Crippen LogP contribution >= 0.6 is 11.6 Å². The number of aromatic amines is 1. The SMILES string of the molecule is O=S(=O)(Nc1cc(F)c(C2CC2)nc1F)c1c[nH]c2cc(Cl)ccc12. The second-order valence-electron chi connectivity index (χ2n) is 5.92. The molecule has 0 amide bonds. The van der Waals surface area contributed by atoms with Gasteiger partial charge in [-0.1, -0.05) is 11.6 Å². The van der Waals surface area contributed by atoms with Gasteiger partial charge in [-0.25, -0.2) is 17.8 Å². The van der Waals surface area contributed by atoms with Gasteiger partial charge in [-0.15, -0.1) is 0 Å². The number of halogens is 3. The number of pyridine rings is 1. The van der Waals surface area contributed by atoms with Crippen molar-refractivity contribution in [2.75, 3.05) is 4.72 Å². The molecule has 0 aliphatic heterocycles. The Labute approximate surface area is 147 Å². The Hall–Kier alpha value is -2.19. The molecule has 1 aromatic carbocycles. The summed E-state index contributed by atoms with van der Waals surface area (Å²) in [5.74, 6) is -1.85. The Bertz CT molecular complexity index is 1090. The number of rotatable bonds is 4. The molecule has 2 aromatic heterocycles. The number of hydrogen-bond donors (Lipinski definition) is 2. The molecule has 5 nitrogen and oxygen atoms in total. The van der Waals surface area contributed by atoms with Crippen LogP contribution in [-0.2, 0) is 10.0 Å². The lowest BCUT2D eigenvalue weighted by atomic mass is 10.2. The smallest absolute Gasteiger partial charge is 0.264 e. The summed E-state index contributed by atoms with van der Waals surface area (Å²) >= 11 is 5.87. The van der Waals surface area contributed by atoms with E-state index in [2.05, 4.69) is 14.7 Å². The molecule has 3 aromatic rings. The van der Waals surface area contributed by atoms with Crippen molar-refractivity contribution < 1.29 is 17.2 Å². The standard InChI is InChI=1S/C16H12ClF2N3O2S/c17-9-3-4-10-12(5-9)20-7-14(10)25(23,24)22-13-6-11(18)15(8-1-2-8)21-16(13)19/h3-8,20,22H,1-2H2. The first-order chi connectivity index (χ1) is 11.8. The third-order valence-electron chi connectivity index (χ3n) is 4.06. The molecule has 0 radical (unpaired) electrons. The molecular weight excluding hydrogens is 372 g/mol. The molecule has 0 unspecified atom stereocenters. The molecule has 4 rings (SSSR count). The highest BCUT2D eigenvalue weighted by molar-refractivity contribution is 7.93. The van der Waals surface area contributed by atoms with E-state index in [-0.39, 0.29) is 16.5 Å². The number of hydrogen-bond acceptors (Lipinski definition) is 3. The summed E-state index contributed by atoms with van der Waals surface area (Å²) in [5.41, 5.74) is 0.0362. The Kier molecular flexibility index (Phi) is 3.69. The van der Waals surface area contributed by atoms with Crippen molar-refractivity contribution in [3.8, 4) is 0 Å². The lowest BCUT2D eigenvalue weighted by Gasteiger charge is -2.10. The van der Waals surface area contributed by atoms with Crippen LogP contribution in [0.1, 0.15) is 24.5 Å². The maximum absolute atomic E-state index is 14.1. The summed E-state index contributed by atoms with van der Waals surface area (Å²) in [7, 11) is -4.14. The predicted octanol–water partition coefficient (Wildman–Crippen LogP) is 4.17. The zero-order valence-corrected chi connectivity index (χ0v) is 14.3. The molecule has 0 saturated heterocycles. The van der Waals surface area contributed by atoms with Gasteiger partial charge in [0.2, 0.25) is 5.95 Å². The average molecular weight is 384 g/mol. The molecular formula is C16H12ClF2N3O2S. The van der Waals surface area contributed by atoms with Crippen LogP contribution in [0.15, 0.2) is 35.4 Å². The molecule has 0 bridgehead atoms. The van der Waals surface area contributed by atoms with Gasteiger partial charge < -0.3 is 4.98 Å². The second kappa shape index (κ2) is 5.67. The monoisotopic (exact) mass is 383 g/mol. The number of nitrogens with one attached hydrogen (secondary N) is 2. The number of H-pyrrole nitrogens is 1. The van der Waals surface area contributed by atoms with Gasteiger partial charge in [0.1, 0.15) is 16.4 Å². The number of benzene rings is 1. The van der Waals surface area contributed by atoms with E-state index >= 15 is 0 Å². The van der Waals surface area contributed by atoms with Crippen molar-refractivity contribution in [2.45, 2.75) is 23.7 Å². The van der Waals surface area contributed by atoms with E-state index in [1.807, 2.05) is 0 Å². The minimum Gasteiger partial charge on any atom is -0.360 e. The Morgan fingerprint density at radius 2 is 2.00 bits per heavy atom. The number of nitrogens with zero attached hydrogens (tertiary/aromatic N) is 1. The van der Waals surface area contributed by atoms with Gasteiger partial charge in [-0.2, -0.15) is 4.39 Å². The molecule has 25 heavy (non-hydrogen) atoms. The highest BCUT2D eigenvalue weighted by Crippen LogP contribution is 2.41. The summed E-state index contributed by atoms with van der Waals surface area (Å²) in [5, 5.41) is 0.833. The largest absolute Gasteiger partial charge is 0.360 e. The fourth-order valence-corrected chi connectivity index (χ4v) is 4.08. The molecule has 130 valence electrons. The summed E-state index contributed by atoms with van der Waals surface area (Å²) in [4.78, 5) is 6.28. The third-order valence-corrected chi connectivity index (χ3v) is 5.70. The van der Waals surface area contributed by atoms with Crippen LogP contribution in [0.25, 0.3) is 10.9 Å². The molecule has 1 aliphatic rings. The molecule has 1 saturated carbocycles. The van der Waals surface area contributed by atoms with Crippen molar-refractivity contribution >= 4 is 38.2 Å².